The zero-order valence-electron chi connectivity index (χ0n) is 17.9. The predicted octanol–water partition coefficient (Wildman–Crippen LogP) is 4.28. The number of nitrogens with zero attached hydrogens (tertiary/aromatic N) is 3. The molecule has 2 aromatic heterocycles. The molecular weight excluding hydrogens is 386 g/mol. The van der Waals surface area contributed by atoms with Gasteiger partial charge in [0.2, 0.25) is 5.91 Å². The van der Waals surface area contributed by atoms with Crippen LogP contribution in [0.25, 0.3) is 0 Å². The molecule has 1 fully saturated rings. The van der Waals surface area contributed by atoms with Crippen molar-refractivity contribution in [1.82, 2.24) is 20.2 Å². The summed E-state index contributed by atoms with van der Waals surface area (Å²) >= 11 is 0. The Balaban J connectivity index is 1.27. The van der Waals surface area contributed by atoms with E-state index in [1.807, 2.05) is 67.6 Å². The Morgan fingerprint density at radius 2 is 1.74 bits per heavy atom. The second-order valence-corrected chi connectivity index (χ2v) is 8.04. The van der Waals surface area contributed by atoms with E-state index in [9.17, 15) is 4.79 Å². The number of anilines is 2. The molecule has 1 aliphatic rings. The highest BCUT2D eigenvalue weighted by Crippen LogP contribution is 2.27. The van der Waals surface area contributed by atoms with Crippen molar-refractivity contribution in [1.29, 1.82) is 0 Å². The molecule has 3 heterocycles. The van der Waals surface area contributed by atoms with Gasteiger partial charge in [0.25, 0.3) is 0 Å². The largest absolute Gasteiger partial charge is 0.348 e. The van der Waals surface area contributed by atoms with Crippen molar-refractivity contribution in [2.45, 2.75) is 31.7 Å². The van der Waals surface area contributed by atoms with Crippen molar-refractivity contribution in [3.63, 3.8) is 0 Å². The first-order valence-electron chi connectivity index (χ1n) is 10.9. The van der Waals surface area contributed by atoms with Gasteiger partial charge in [-0.2, -0.15) is 0 Å². The van der Waals surface area contributed by atoms with Gasteiger partial charge >= 0.3 is 0 Å². The first kappa shape index (κ1) is 21.0. The number of hydrogen-bond acceptors (Lipinski definition) is 5. The third-order valence-corrected chi connectivity index (χ3v) is 5.74. The molecular formula is C25H29N5O. The standard InChI is InChI=1S/C25H29N5O/c1-19(20-8-3-2-4-9-20)27-25(31)18-30-16-13-21(14-17-30)22-10-7-12-24(28-22)29-23-11-5-6-15-26-23/h2-12,15,19,21H,13-14,16-18H2,1H3,(H,27,31)(H,26,28,29). The van der Waals surface area contributed by atoms with Crippen molar-refractivity contribution < 1.29 is 4.79 Å². The van der Waals surface area contributed by atoms with Crippen LogP contribution in [0.2, 0.25) is 0 Å². The summed E-state index contributed by atoms with van der Waals surface area (Å²) in [6.45, 7) is 4.27. The maximum absolute atomic E-state index is 12.5. The molecule has 0 spiro atoms. The van der Waals surface area contributed by atoms with Gasteiger partial charge in [-0.1, -0.05) is 42.5 Å². The highest BCUT2D eigenvalue weighted by Gasteiger charge is 2.23. The minimum Gasteiger partial charge on any atom is -0.348 e. The average Bonchev–Trinajstić information content (AvgIpc) is 2.81. The molecule has 6 heteroatoms. The summed E-state index contributed by atoms with van der Waals surface area (Å²) in [6, 6.07) is 22.0. The SMILES string of the molecule is CC(NC(=O)CN1CCC(c2cccc(Nc3ccccn3)n2)CC1)c1ccccc1. The van der Waals surface area contributed by atoms with Gasteiger partial charge in [0.1, 0.15) is 11.6 Å². The Kier molecular flexibility index (Phi) is 6.89. The molecule has 0 aliphatic carbocycles. The third kappa shape index (κ3) is 5.89. The summed E-state index contributed by atoms with van der Waals surface area (Å²) in [4.78, 5) is 23.8. The van der Waals surface area contributed by atoms with E-state index >= 15 is 0 Å². The smallest absolute Gasteiger partial charge is 0.234 e. The molecule has 1 amide bonds. The second-order valence-electron chi connectivity index (χ2n) is 8.04. The van der Waals surface area contributed by atoms with Crippen molar-refractivity contribution >= 4 is 17.5 Å². The van der Waals surface area contributed by atoms with E-state index in [0.29, 0.717) is 12.5 Å². The van der Waals surface area contributed by atoms with Gasteiger partial charge in [-0.15, -0.1) is 0 Å². The normalized spacial score (nSPS) is 15.9. The van der Waals surface area contributed by atoms with E-state index < -0.39 is 0 Å². The second kappa shape index (κ2) is 10.2. The fraction of sp³-hybridized carbons (Fsp3) is 0.320. The summed E-state index contributed by atoms with van der Waals surface area (Å²) < 4.78 is 0. The lowest BCUT2D eigenvalue weighted by Crippen LogP contribution is -2.41. The molecule has 1 saturated heterocycles. The quantitative estimate of drug-likeness (QED) is 0.603. The molecule has 2 N–H and O–H groups in total. The van der Waals surface area contributed by atoms with E-state index in [0.717, 1.165) is 48.8 Å². The number of rotatable bonds is 7. The van der Waals surface area contributed by atoms with Crippen molar-refractivity contribution in [2.24, 2.45) is 0 Å². The number of piperidine rings is 1. The summed E-state index contributed by atoms with van der Waals surface area (Å²) in [5.41, 5.74) is 2.22. The molecule has 1 aromatic carbocycles. The number of amides is 1. The Bertz CT molecular complexity index is 971. The molecule has 31 heavy (non-hydrogen) atoms. The molecule has 1 atom stereocenters. The van der Waals surface area contributed by atoms with Crippen LogP contribution in [-0.2, 0) is 4.79 Å². The van der Waals surface area contributed by atoms with E-state index in [-0.39, 0.29) is 11.9 Å². The molecule has 160 valence electrons. The van der Waals surface area contributed by atoms with Gasteiger partial charge in [0, 0.05) is 17.8 Å². The number of carbonyl (C=O) groups excluding carboxylic acids is 1. The Morgan fingerprint density at radius 1 is 1.00 bits per heavy atom. The van der Waals surface area contributed by atoms with Crippen LogP contribution in [0.3, 0.4) is 0 Å². The summed E-state index contributed by atoms with van der Waals surface area (Å²) in [6.07, 6.45) is 3.77. The molecule has 1 unspecified atom stereocenters. The Labute approximate surface area is 183 Å². The van der Waals surface area contributed by atoms with Gasteiger partial charge in [-0.3, -0.25) is 9.69 Å². The van der Waals surface area contributed by atoms with Gasteiger partial charge in [0.05, 0.1) is 12.6 Å². The number of carbonyl (C=O) groups is 1. The molecule has 1 aliphatic heterocycles. The third-order valence-electron chi connectivity index (χ3n) is 5.74. The lowest BCUT2D eigenvalue weighted by molar-refractivity contribution is -0.123. The summed E-state index contributed by atoms with van der Waals surface area (Å²) in [7, 11) is 0. The topological polar surface area (TPSA) is 70.2 Å². The number of hydrogen-bond donors (Lipinski definition) is 2. The minimum absolute atomic E-state index is 0.0183. The zero-order chi connectivity index (χ0) is 21.5. The Morgan fingerprint density at radius 3 is 2.48 bits per heavy atom. The van der Waals surface area contributed by atoms with E-state index in [1.54, 1.807) is 6.20 Å². The van der Waals surface area contributed by atoms with E-state index in [1.165, 1.54) is 0 Å². The fourth-order valence-corrected chi connectivity index (χ4v) is 4.02. The summed E-state index contributed by atoms with van der Waals surface area (Å²) in [5.74, 6) is 2.09. The monoisotopic (exact) mass is 415 g/mol. The van der Waals surface area contributed by atoms with Crippen LogP contribution in [0, 0.1) is 0 Å². The van der Waals surface area contributed by atoms with Crippen LogP contribution >= 0.6 is 0 Å². The molecule has 6 nitrogen and oxygen atoms in total. The van der Waals surface area contributed by atoms with Crippen LogP contribution < -0.4 is 10.6 Å². The first-order valence-corrected chi connectivity index (χ1v) is 10.9. The number of aromatic nitrogens is 2. The highest BCUT2D eigenvalue weighted by molar-refractivity contribution is 5.78. The maximum Gasteiger partial charge on any atom is 0.234 e. The predicted molar refractivity (Wildman–Crippen MR) is 123 cm³/mol. The molecule has 3 aromatic rings. The van der Waals surface area contributed by atoms with Crippen LogP contribution in [-0.4, -0.2) is 40.4 Å². The van der Waals surface area contributed by atoms with Crippen molar-refractivity contribution in [3.8, 4) is 0 Å². The number of pyridine rings is 2. The number of likely N-dealkylation sites (tertiary alicyclic amines) is 1. The maximum atomic E-state index is 12.5. The minimum atomic E-state index is 0.0183. The van der Waals surface area contributed by atoms with Crippen LogP contribution in [0.5, 0.6) is 0 Å². The fourth-order valence-electron chi connectivity index (χ4n) is 4.02. The zero-order valence-corrected chi connectivity index (χ0v) is 17.9. The first-order chi connectivity index (χ1) is 15.2. The van der Waals surface area contributed by atoms with Crippen molar-refractivity contribution in [3.05, 3.63) is 84.2 Å². The van der Waals surface area contributed by atoms with E-state index in [4.69, 9.17) is 4.98 Å². The number of benzene rings is 1. The molecule has 0 radical (unpaired) electrons. The van der Waals surface area contributed by atoms with Gasteiger partial charge < -0.3 is 10.6 Å². The van der Waals surface area contributed by atoms with E-state index in [2.05, 4.69) is 26.6 Å². The van der Waals surface area contributed by atoms with Crippen LogP contribution in [0.15, 0.2) is 72.9 Å². The highest BCUT2D eigenvalue weighted by atomic mass is 16.2. The van der Waals surface area contributed by atoms with Crippen LogP contribution in [0.1, 0.15) is 43.0 Å². The molecule has 0 bridgehead atoms. The van der Waals surface area contributed by atoms with Gasteiger partial charge in [-0.25, -0.2) is 9.97 Å². The van der Waals surface area contributed by atoms with Crippen LogP contribution in [0.4, 0.5) is 11.6 Å². The lowest BCUT2D eigenvalue weighted by atomic mass is 9.93. The van der Waals surface area contributed by atoms with Gasteiger partial charge in [0.15, 0.2) is 0 Å². The average molecular weight is 416 g/mol. The molecule has 0 saturated carbocycles. The van der Waals surface area contributed by atoms with Crippen molar-refractivity contribution in [2.75, 3.05) is 25.0 Å². The Hall–Kier alpha value is -3.25. The number of nitrogens with one attached hydrogen (secondary N) is 2. The summed E-state index contributed by atoms with van der Waals surface area (Å²) in [5, 5.41) is 6.37. The molecule has 4 rings (SSSR count). The van der Waals surface area contributed by atoms with Gasteiger partial charge in [-0.05, 0) is 62.7 Å². The lowest BCUT2D eigenvalue weighted by Gasteiger charge is -2.31.